The van der Waals surface area contributed by atoms with Gasteiger partial charge in [0.2, 0.25) is 0 Å². The summed E-state index contributed by atoms with van der Waals surface area (Å²) in [6.07, 6.45) is 0.751. The van der Waals surface area contributed by atoms with E-state index in [0.29, 0.717) is 19.1 Å². The van der Waals surface area contributed by atoms with Gasteiger partial charge in [-0.3, -0.25) is 0 Å². The first-order chi connectivity index (χ1) is 8.64. The first kappa shape index (κ1) is 17.3. The summed E-state index contributed by atoms with van der Waals surface area (Å²) >= 11 is 0. The summed E-state index contributed by atoms with van der Waals surface area (Å²) in [5.41, 5.74) is 0. The van der Waals surface area contributed by atoms with Crippen LogP contribution in [0.5, 0.6) is 0 Å². The van der Waals surface area contributed by atoms with Gasteiger partial charge >= 0.3 is 14.8 Å². The van der Waals surface area contributed by atoms with E-state index in [1.165, 1.54) is 0 Å². The molecule has 0 spiro atoms. The van der Waals surface area contributed by atoms with Crippen LogP contribution in [0.4, 0.5) is 4.79 Å². The number of carbonyl (C=O) groups excluding carboxylic acids is 1. The van der Waals surface area contributed by atoms with Crippen LogP contribution in [0.2, 0.25) is 6.04 Å². The third-order valence-electron chi connectivity index (χ3n) is 2.54. The van der Waals surface area contributed by atoms with Crippen molar-refractivity contribution in [2.24, 2.45) is 0 Å². The monoisotopic (exact) mass is 279 g/mol. The van der Waals surface area contributed by atoms with Crippen molar-refractivity contribution in [3.63, 3.8) is 0 Å². The minimum Gasteiger partial charge on any atom is -0.377 e. The van der Waals surface area contributed by atoms with Crippen LogP contribution < -0.4 is 16.0 Å². The van der Waals surface area contributed by atoms with Gasteiger partial charge in [-0.2, -0.15) is 0 Å². The second-order valence-corrected chi connectivity index (χ2v) is 6.78. The Kier molecular flexibility index (Phi) is 9.88. The summed E-state index contributed by atoms with van der Waals surface area (Å²) in [7, 11) is 4.08. The number of urea groups is 1. The van der Waals surface area contributed by atoms with Gasteiger partial charge in [0.05, 0.1) is 0 Å². The number of hydrogen-bond donors (Lipinski definition) is 3. The Morgan fingerprint density at radius 3 is 2.06 bits per heavy atom. The van der Waals surface area contributed by atoms with Crippen LogP contribution >= 0.6 is 0 Å². The molecule has 18 heavy (non-hydrogen) atoms. The number of hydrogen-bond acceptors (Lipinski definition) is 5. The lowest BCUT2D eigenvalue weighted by molar-refractivity contribution is 0.123. The molecule has 108 valence electrons. The fourth-order valence-electron chi connectivity index (χ4n) is 1.43. The number of carbonyl (C=O) groups is 1. The number of amides is 2. The van der Waals surface area contributed by atoms with Crippen LogP contribution in [0, 0.1) is 0 Å². The highest BCUT2D eigenvalue weighted by Crippen LogP contribution is 2.14. The SMILES string of the molecule is CNCCNC(=O)NCCC[Si](OC)(OC)OC. The van der Waals surface area contributed by atoms with Crippen molar-refractivity contribution in [2.45, 2.75) is 12.5 Å². The van der Waals surface area contributed by atoms with E-state index in [2.05, 4.69) is 16.0 Å². The van der Waals surface area contributed by atoms with E-state index in [1.54, 1.807) is 21.3 Å². The van der Waals surface area contributed by atoms with Gasteiger partial charge in [-0.25, -0.2) is 4.79 Å². The van der Waals surface area contributed by atoms with Crippen molar-refractivity contribution in [2.75, 3.05) is 48.0 Å². The molecule has 0 unspecified atom stereocenters. The highest BCUT2D eigenvalue weighted by Gasteiger charge is 2.36. The van der Waals surface area contributed by atoms with Gasteiger partial charge < -0.3 is 29.2 Å². The molecule has 0 radical (unpaired) electrons. The molecule has 8 heteroatoms. The fourth-order valence-corrected chi connectivity index (χ4v) is 3.15. The Labute approximate surface area is 110 Å². The molecule has 0 atom stereocenters. The number of rotatable bonds is 10. The van der Waals surface area contributed by atoms with Crippen LogP contribution in [-0.2, 0) is 13.3 Å². The van der Waals surface area contributed by atoms with Crippen LogP contribution in [0.1, 0.15) is 6.42 Å². The molecule has 0 saturated carbocycles. The zero-order valence-corrected chi connectivity index (χ0v) is 12.7. The van der Waals surface area contributed by atoms with Gasteiger partial charge in [-0.05, 0) is 13.5 Å². The third-order valence-corrected chi connectivity index (χ3v) is 5.37. The van der Waals surface area contributed by atoms with Gasteiger partial charge in [0.15, 0.2) is 0 Å². The van der Waals surface area contributed by atoms with E-state index in [9.17, 15) is 4.79 Å². The molecule has 0 heterocycles. The summed E-state index contributed by atoms with van der Waals surface area (Å²) in [5.74, 6) is 0. The molecular weight excluding hydrogens is 254 g/mol. The highest BCUT2D eigenvalue weighted by atomic mass is 28.4. The maximum atomic E-state index is 11.3. The predicted molar refractivity (Wildman–Crippen MR) is 71.5 cm³/mol. The molecule has 0 fully saturated rings. The zero-order valence-electron chi connectivity index (χ0n) is 11.7. The van der Waals surface area contributed by atoms with Crippen LogP contribution in [0.15, 0.2) is 0 Å². The van der Waals surface area contributed by atoms with Gasteiger partial charge in [-0.15, -0.1) is 0 Å². The molecule has 3 N–H and O–H groups in total. The lowest BCUT2D eigenvalue weighted by Gasteiger charge is -2.24. The fraction of sp³-hybridized carbons (Fsp3) is 0.900. The maximum Gasteiger partial charge on any atom is 0.500 e. The molecule has 0 aromatic carbocycles. The van der Waals surface area contributed by atoms with E-state index in [-0.39, 0.29) is 6.03 Å². The van der Waals surface area contributed by atoms with E-state index < -0.39 is 8.80 Å². The zero-order chi connectivity index (χ0) is 13.9. The molecule has 0 aromatic rings. The van der Waals surface area contributed by atoms with E-state index in [0.717, 1.165) is 13.0 Å². The summed E-state index contributed by atoms with van der Waals surface area (Å²) in [4.78, 5) is 11.3. The molecule has 2 amide bonds. The molecule has 0 aliphatic rings. The van der Waals surface area contributed by atoms with Crippen molar-refractivity contribution < 1.29 is 18.1 Å². The van der Waals surface area contributed by atoms with Crippen molar-refractivity contribution in [1.82, 2.24) is 16.0 Å². The molecule has 0 bridgehead atoms. The normalized spacial score (nSPS) is 11.3. The Bertz CT molecular complexity index is 219. The second kappa shape index (κ2) is 10.3. The molecule has 7 nitrogen and oxygen atoms in total. The lowest BCUT2D eigenvalue weighted by Crippen LogP contribution is -2.44. The highest BCUT2D eigenvalue weighted by molar-refractivity contribution is 6.60. The minimum absolute atomic E-state index is 0.162. The summed E-state index contributed by atoms with van der Waals surface area (Å²) in [5, 5.41) is 8.44. The summed E-state index contributed by atoms with van der Waals surface area (Å²) in [6.45, 7) is 1.92. The topological polar surface area (TPSA) is 80.9 Å². The molecule has 0 saturated heterocycles. The van der Waals surface area contributed by atoms with Crippen LogP contribution in [0.25, 0.3) is 0 Å². The quantitative estimate of drug-likeness (QED) is 0.380. The number of nitrogens with one attached hydrogen (secondary N) is 3. The van der Waals surface area contributed by atoms with Crippen molar-refractivity contribution >= 4 is 14.8 Å². The van der Waals surface area contributed by atoms with Gasteiger partial charge in [0.25, 0.3) is 0 Å². The molecule has 0 rings (SSSR count). The molecule has 0 aliphatic heterocycles. The first-order valence-electron chi connectivity index (χ1n) is 5.96. The lowest BCUT2D eigenvalue weighted by atomic mass is 10.5. The van der Waals surface area contributed by atoms with Gasteiger partial charge in [0.1, 0.15) is 0 Å². The van der Waals surface area contributed by atoms with Crippen LogP contribution in [-0.4, -0.2) is 62.8 Å². The Balaban J connectivity index is 3.68. The summed E-state index contributed by atoms with van der Waals surface area (Å²) < 4.78 is 15.8. The third kappa shape index (κ3) is 6.92. The molecule has 0 aromatic heterocycles. The van der Waals surface area contributed by atoms with E-state index in [4.69, 9.17) is 13.3 Å². The molecule has 0 aliphatic carbocycles. The maximum absolute atomic E-state index is 11.3. The smallest absolute Gasteiger partial charge is 0.377 e. The standard InChI is InChI=1S/C10H25N3O4Si/c1-11-7-8-13-10(14)12-6-5-9-18(15-2,16-3)17-4/h11H,5-9H2,1-4H3,(H2,12,13,14). The average molecular weight is 279 g/mol. The van der Waals surface area contributed by atoms with Crippen molar-refractivity contribution in [3.8, 4) is 0 Å². The summed E-state index contributed by atoms with van der Waals surface area (Å²) in [6, 6.07) is 0.512. The average Bonchev–Trinajstić information content (AvgIpc) is 2.40. The largest absolute Gasteiger partial charge is 0.500 e. The van der Waals surface area contributed by atoms with Crippen LogP contribution in [0.3, 0.4) is 0 Å². The van der Waals surface area contributed by atoms with E-state index in [1.807, 2.05) is 7.05 Å². The van der Waals surface area contributed by atoms with Gasteiger partial charge in [0, 0.05) is 47.0 Å². The Morgan fingerprint density at radius 1 is 1.00 bits per heavy atom. The predicted octanol–water partition coefficient (Wildman–Crippen LogP) is -0.227. The van der Waals surface area contributed by atoms with Gasteiger partial charge in [-0.1, -0.05) is 0 Å². The van der Waals surface area contributed by atoms with Crippen molar-refractivity contribution in [1.29, 1.82) is 0 Å². The number of likely N-dealkylation sites (N-methyl/N-ethyl adjacent to an activating group) is 1. The van der Waals surface area contributed by atoms with E-state index >= 15 is 0 Å². The minimum atomic E-state index is -2.50. The Morgan fingerprint density at radius 2 is 1.56 bits per heavy atom. The van der Waals surface area contributed by atoms with Crippen molar-refractivity contribution in [3.05, 3.63) is 0 Å². The molecular formula is C10H25N3O4Si. The first-order valence-corrected chi connectivity index (χ1v) is 7.89. The Hall–Kier alpha value is -0.673. The second-order valence-electron chi connectivity index (χ2n) is 3.69.